The van der Waals surface area contributed by atoms with Crippen LogP contribution in [-0.4, -0.2) is 7.11 Å². The molecular formula is C7H7ClN2O2. The van der Waals surface area contributed by atoms with Crippen molar-refractivity contribution in [2.24, 2.45) is 5.18 Å². The van der Waals surface area contributed by atoms with Crippen molar-refractivity contribution in [2.45, 2.75) is 0 Å². The van der Waals surface area contributed by atoms with Gasteiger partial charge >= 0.3 is 0 Å². The van der Waals surface area contributed by atoms with Gasteiger partial charge < -0.3 is 10.5 Å². The molecule has 0 radical (unpaired) electrons. The highest BCUT2D eigenvalue weighted by Gasteiger charge is 2.06. The molecule has 0 aliphatic heterocycles. The van der Waals surface area contributed by atoms with E-state index in [9.17, 15) is 4.91 Å². The molecule has 0 heterocycles. The predicted molar refractivity (Wildman–Crippen MR) is 47.9 cm³/mol. The van der Waals surface area contributed by atoms with Gasteiger partial charge in [0.25, 0.3) is 0 Å². The average molecular weight is 187 g/mol. The van der Waals surface area contributed by atoms with Gasteiger partial charge in [0.1, 0.15) is 11.4 Å². The lowest BCUT2D eigenvalue weighted by atomic mass is 10.2. The van der Waals surface area contributed by atoms with Crippen molar-refractivity contribution in [3.05, 3.63) is 22.1 Å². The van der Waals surface area contributed by atoms with Crippen molar-refractivity contribution in [3.8, 4) is 5.75 Å². The van der Waals surface area contributed by atoms with Crippen molar-refractivity contribution < 1.29 is 4.74 Å². The maximum absolute atomic E-state index is 10.2. The second kappa shape index (κ2) is 3.40. The van der Waals surface area contributed by atoms with Crippen LogP contribution in [-0.2, 0) is 0 Å². The monoisotopic (exact) mass is 186 g/mol. The van der Waals surface area contributed by atoms with E-state index >= 15 is 0 Å². The van der Waals surface area contributed by atoms with E-state index in [1.165, 1.54) is 19.2 Å². The van der Waals surface area contributed by atoms with Crippen LogP contribution in [0.4, 0.5) is 11.4 Å². The Balaban J connectivity index is 3.26. The first-order valence-electron chi connectivity index (χ1n) is 3.15. The van der Waals surface area contributed by atoms with Crippen LogP contribution in [0.1, 0.15) is 0 Å². The highest BCUT2D eigenvalue weighted by atomic mass is 35.5. The van der Waals surface area contributed by atoms with Gasteiger partial charge in [-0.2, -0.15) is 0 Å². The molecule has 0 spiro atoms. The van der Waals surface area contributed by atoms with Crippen LogP contribution in [0.5, 0.6) is 5.75 Å². The Morgan fingerprint density at radius 1 is 1.58 bits per heavy atom. The summed E-state index contributed by atoms with van der Waals surface area (Å²) >= 11 is 5.63. The van der Waals surface area contributed by atoms with Gasteiger partial charge in [0.15, 0.2) is 0 Å². The lowest BCUT2D eigenvalue weighted by Gasteiger charge is -2.04. The van der Waals surface area contributed by atoms with Gasteiger partial charge in [-0.05, 0) is 11.2 Å². The minimum Gasteiger partial charge on any atom is -0.495 e. The predicted octanol–water partition coefficient (Wildman–Crippen LogP) is 2.33. The summed E-state index contributed by atoms with van der Waals surface area (Å²) in [6.07, 6.45) is 0. The lowest BCUT2D eigenvalue weighted by Crippen LogP contribution is -1.91. The Hall–Kier alpha value is -1.29. The van der Waals surface area contributed by atoms with Gasteiger partial charge in [-0.3, -0.25) is 0 Å². The average Bonchev–Trinajstić information content (AvgIpc) is 2.05. The molecule has 0 aliphatic carbocycles. The number of hydrogen-bond acceptors (Lipinski definition) is 4. The third kappa shape index (κ3) is 1.48. The van der Waals surface area contributed by atoms with Crippen LogP contribution in [0, 0.1) is 4.91 Å². The normalized spacial score (nSPS) is 9.50. The molecule has 12 heavy (non-hydrogen) atoms. The molecule has 0 saturated heterocycles. The molecule has 0 amide bonds. The van der Waals surface area contributed by atoms with E-state index in [-0.39, 0.29) is 10.7 Å². The number of benzene rings is 1. The summed E-state index contributed by atoms with van der Waals surface area (Å²) in [6, 6.07) is 2.82. The summed E-state index contributed by atoms with van der Waals surface area (Å²) in [5.74, 6) is 0.397. The fourth-order valence-corrected chi connectivity index (χ4v) is 1.01. The minimum atomic E-state index is 0.128. The van der Waals surface area contributed by atoms with Gasteiger partial charge in [-0.25, -0.2) is 0 Å². The molecule has 0 fully saturated rings. The van der Waals surface area contributed by atoms with Crippen molar-refractivity contribution in [3.63, 3.8) is 0 Å². The maximum atomic E-state index is 10.2. The zero-order valence-corrected chi connectivity index (χ0v) is 7.13. The number of hydrogen-bond donors (Lipinski definition) is 1. The summed E-state index contributed by atoms with van der Waals surface area (Å²) in [5, 5.41) is 2.93. The van der Waals surface area contributed by atoms with Crippen LogP contribution >= 0.6 is 11.6 Å². The van der Waals surface area contributed by atoms with Crippen LogP contribution < -0.4 is 10.5 Å². The third-order valence-corrected chi connectivity index (χ3v) is 1.70. The molecule has 0 aromatic heterocycles. The molecule has 0 bridgehead atoms. The summed E-state index contributed by atoms with van der Waals surface area (Å²) in [5.41, 5.74) is 6.01. The molecule has 1 aromatic carbocycles. The number of nitrogens with zero attached hydrogens (tertiary/aromatic N) is 1. The zero-order valence-electron chi connectivity index (χ0n) is 6.37. The Kier molecular flexibility index (Phi) is 2.50. The first-order chi connectivity index (χ1) is 5.69. The van der Waals surface area contributed by atoms with Gasteiger partial charge in [-0.15, -0.1) is 4.91 Å². The highest BCUT2D eigenvalue weighted by molar-refractivity contribution is 6.33. The van der Waals surface area contributed by atoms with Crippen LogP contribution in [0.2, 0.25) is 5.02 Å². The lowest BCUT2D eigenvalue weighted by molar-refractivity contribution is 0.417. The van der Waals surface area contributed by atoms with Gasteiger partial charge in [0.05, 0.1) is 17.8 Å². The summed E-state index contributed by atoms with van der Waals surface area (Å²) in [7, 11) is 1.45. The fourth-order valence-electron chi connectivity index (χ4n) is 0.805. The van der Waals surface area contributed by atoms with Crippen molar-refractivity contribution in [2.75, 3.05) is 12.8 Å². The molecular weight excluding hydrogens is 180 g/mol. The quantitative estimate of drug-likeness (QED) is 0.570. The topological polar surface area (TPSA) is 64.7 Å². The van der Waals surface area contributed by atoms with Crippen LogP contribution in [0.25, 0.3) is 0 Å². The number of nitrogens with two attached hydrogens (primary N) is 1. The first-order valence-corrected chi connectivity index (χ1v) is 3.53. The fraction of sp³-hybridized carbons (Fsp3) is 0.143. The summed E-state index contributed by atoms with van der Waals surface area (Å²) < 4.78 is 4.86. The number of halogens is 1. The molecule has 4 nitrogen and oxygen atoms in total. The number of nitroso groups, excluding NO2 is 1. The van der Waals surface area contributed by atoms with Crippen LogP contribution in [0.3, 0.4) is 0 Å². The first kappa shape index (κ1) is 8.80. The summed E-state index contributed by atoms with van der Waals surface area (Å²) in [4.78, 5) is 10.2. The van der Waals surface area contributed by atoms with Crippen LogP contribution in [0.15, 0.2) is 17.3 Å². The third-order valence-electron chi connectivity index (χ3n) is 1.40. The van der Waals surface area contributed by atoms with Gasteiger partial charge in [-0.1, -0.05) is 11.6 Å². The number of rotatable bonds is 2. The van der Waals surface area contributed by atoms with E-state index in [1.807, 2.05) is 0 Å². The number of ether oxygens (including phenoxy) is 1. The Bertz CT molecular complexity index is 315. The zero-order chi connectivity index (χ0) is 9.14. The van der Waals surface area contributed by atoms with Gasteiger partial charge in [0, 0.05) is 6.07 Å². The number of nitrogen functional groups attached to an aromatic ring is 1. The standard InChI is InChI=1S/C7H7ClN2O2/c1-12-7-3-6(10-11)4(8)2-5(7)9/h2-3H,9H2,1H3. The van der Waals surface area contributed by atoms with Crippen molar-refractivity contribution in [1.29, 1.82) is 0 Å². The number of methoxy groups -OCH3 is 1. The molecule has 5 heteroatoms. The largest absolute Gasteiger partial charge is 0.495 e. The molecule has 1 aromatic rings. The molecule has 0 unspecified atom stereocenters. The molecule has 0 aliphatic rings. The highest BCUT2D eigenvalue weighted by Crippen LogP contribution is 2.33. The van der Waals surface area contributed by atoms with E-state index in [2.05, 4.69) is 5.18 Å². The second-order valence-electron chi connectivity index (χ2n) is 2.14. The molecule has 2 N–H and O–H groups in total. The SMILES string of the molecule is COc1cc(N=O)c(Cl)cc1N. The Morgan fingerprint density at radius 3 is 2.75 bits per heavy atom. The molecule has 1 rings (SSSR count). The molecule has 64 valence electrons. The molecule has 0 saturated carbocycles. The maximum Gasteiger partial charge on any atom is 0.144 e. The van der Waals surface area contributed by atoms with E-state index in [0.29, 0.717) is 11.4 Å². The summed E-state index contributed by atoms with van der Waals surface area (Å²) in [6.45, 7) is 0. The van der Waals surface area contributed by atoms with E-state index in [1.54, 1.807) is 0 Å². The second-order valence-corrected chi connectivity index (χ2v) is 2.54. The number of anilines is 1. The minimum absolute atomic E-state index is 0.128. The van der Waals surface area contributed by atoms with Crippen molar-refractivity contribution >= 4 is 23.0 Å². The van der Waals surface area contributed by atoms with Crippen molar-refractivity contribution in [1.82, 2.24) is 0 Å². The Labute approximate surface area is 74.2 Å². The van der Waals surface area contributed by atoms with Gasteiger partial charge in [0.2, 0.25) is 0 Å². The van der Waals surface area contributed by atoms with E-state index in [0.717, 1.165) is 0 Å². The van der Waals surface area contributed by atoms with E-state index < -0.39 is 0 Å². The molecule has 0 atom stereocenters. The Morgan fingerprint density at radius 2 is 2.25 bits per heavy atom. The van der Waals surface area contributed by atoms with E-state index in [4.69, 9.17) is 22.1 Å². The smallest absolute Gasteiger partial charge is 0.144 e.